The number of benzene rings is 1. The SMILES string of the molecule is O=C(CN1CSCC1=O)NNC(=O)c1ccc(COc2ccccc2)o1. The summed E-state index contributed by atoms with van der Waals surface area (Å²) in [6.45, 7) is 0.0822. The molecule has 1 aliphatic heterocycles. The van der Waals surface area contributed by atoms with Crippen LogP contribution < -0.4 is 15.6 Å². The Bertz CT molecular complexity index is 793. The molecule has 0 unspecified atom stereocenters. The van der Waals surface area contributed by atoms with Gasteiger partial charge in [-0.15, -0.1) is 11.8 Å². The topological polar surface area (TPSA) is 101 Å². The van der Waals surface area contributed by atoms with Crippen LogP contribution in [0.3, 0.4) is 0 Å². The molecule has 1 saturated heterocycles. The van der Waals surface area contributed by atoms with Gasteiger partial charge in [-0.1, -0.05) is 18.2 Å². The number of amides is 3. The molecular weight excluding hydrogens is 358 g/mol. The molecule has 0 aliphatic carbocycles. The summed E-state index contributed by atoms with van der Waals surface area (Å²) in [4.78, 5) is 36.6. The molecule has 0 saturated carbocycles. The first-order valence-electron chi connectivity index (χ1n) is 7.83. The van der Waals surface area contributed by atoms with Crippen LogP contribution in [0.2, 0.25) is 0 Å². The van der Waals surface area contributed by atoms with Crippen LogP contribution in [0.15, 0.2) is 46.9 Å². The van der Waals surface area contributed by atoms with E-state index in [2.05, 4.69) is 10.9 Å². The van der Waals surface area contributed by atoms with Gasteiger partial charge in [-0.05, 0) is 24.3 Å². The normalized spacial score (nSPS) is 13.5. The Kier molecular flexibility index (Phi) is 5.80. The number of thioether (sulfide) groups is 1. The van der Waals surface area contributed by atoms with Crippen LogP contribution in [-0.4, -0.2) is 40.8 Å². The molecule has 1 aliphatic rings. The lowest BCUT2D eigenvalue weighted by Gasteiger charge is -2.14. The Morgan fingerprint density at radius 1 is 1.15 bits per heavy atom. The maximum Gasteiger partial charge on any atom is 0.305 e. The Morgan fingerprint density at radius 2 is 1.96 bits per heavy atom. The highest BCUT2D eigenvalue weighted by molar-refractivity contribution is 8.00. The quantitative estimate of drug-likeness (QED) is 0.735. The Balaban J connectivity index is 1.44. The molecule has 0 spiro atoms. The second kappa shape index (κ2) is 8.43. The number of carbonyl (C=O) groups excluding carboxylic acids is 3. The molecule has 1 aromatic carbocycles. The maximum atomic E-state index is 12.0. The van der Waals surface area contributed by atoms with Crippen molar-refractivity contribution >= 4 is 29.5 Å². The molecule has 2 N–H and O–H groups in total. The van der Waals surface area contributed by atoms with Crippen molar-refractivity contribution in [3.8, 4) is 5.75 Å². The van der Waals surface area contributed by atoms with Crippen LogP contribution in [0.5, 0.6) is 5.75 Å². The molecule has 26 heavy (non-hydrogen) atoms. The van der Waals surface area contributed by atoms with Crippen LogP contribution >= 0.6 is 11.8 Å². The van der Waals surface area contributed by atoms with Crippen molar-refractivity contribution in [3.05, 3.63) is 54.0 Å². The van der Waals surface area contributed by atoms with E-state index in [0.717, 1.165) is 0 Å². The molecule has 0 atom stereocenters. The zero-order valence-electron chi connectivity index (χ0n) is 13.8. The zero-order valence-corrected chi connectivity index (χ0v) is 14.6. The molecule has 2 aromatic rings. The van der Waals surface area contributed by atoms with Gasteiger partial charge in [-0.25, -0.2) is 0 Å². The van der Waals surface area contributed by atoms with Crippen molar-refractivity contribution in [1.29, 1.82) is 0 Å². The van der Waals surface area contributed by atoms with Crippen LogP contribution in [0.1, 0.15) is 16.3 Å². The zero-order chi connectivity index (χ0) is 18.4. The van der Waals surface area contributed by atoms with Crippen LogP contribution in [0.4, 0.5) is 0 Å². The van der Waals surface area contributed by atoms with E-state index in [9.17, 15) is 14.4 Å². The number of hydrogen-bond donors (Lipinski definition) is 2. The Hall–Kier alpha value is -2.94. The Labute approximate surface area is 153 Å². The highest BCUT2D eigenvalue weighted by Crippen LogP contribution is 2.14. The molecule has 3 rings (SSSR count). The van der Waals surface area contributed by atoms with Gasteiger partial charge in [0.2, 0.25) is 5.91 Å². The summed E-state index contributed by atoms with van der Waals surface area (Å²) in [7, 11) is 0. The van der Waals surface area contributed by atoms with Gasteiger partial charge < -0.3 is 14.1 Å². The summed E-state index contributed by atoms with van der Waals surface area (Å²) < 4.78 is 10.9. The minimum atomic E-state index is -0.591. The van der Waals surface area contributed by atoms with Crippen molar-refractivity contribution in [1.82, 2.24) is 15.8 Å². The van der Waals surface area contributed by atoms with Crippen LogP contribution in [0.25, 0.3) is 0 Å². The molecule has 2 heterocycles. The lowest BCUT2D eigenvalue weighted by Crippen LogP contribution is -2.46. The standard InChI is InChI=1S/C17H17N3O5S/c21-15(8-20-11-26-10-16(20)22)18-19-17(23)14-7-6-13(25-14)9-24-12-4-2-1-3-5-12/h1-7H,8-11H2,(H,18,21)(H,19,23). The van der Waals surface area contributed by atoms with Gasteiger partial charge in [0.15, 0.2) is 5.76 Å². The summed E-state index contributed by atoms with van der Waals surface area (Å²) >= 11 is 1.44. The largest absolute Gasteiger partial charge is 0.486 e. The van der Waals surface area contributed by atoms with Crippen molar-refractivity contribution in [2.45, 2.75) is 6.61 Å². The first-order valence-corrected chi connectivity index (χ1v) is 8.98. The van der Waals surface area contributed by atoms with E-state index in [1.165, 1.54) is 22.7 Å². The van der Waals surface area contributed by atoms with Gasteiger partial charge >= 0.3 is 5.91 Å². The van der Waals surface area contributed by atoms with E-state index in [1.54, 1.807) is 6.07 Å². The number of hydrazine groups is 1. The first kappa shape index (κ1) is 17.9. The number of hydrogen-bond acceptors (Lipinski definition) is 6. The minimum absolute atomic E-state index is 0.0461. The van der Waals surface area contributed by atoms with E-state index >= 15 is 0 Å². The van der Waals surface area contributed by atoms with Crippen molar-refractivity contribution in [2.24, 2.45) is 0 Å². The first-order chi connectivity index (χ1) is 12.6. The monoisotopic (exact) mass is 375 g/mol. The predicted molar refractivity (Wildman–Crippen MR) is 94.1 cm³/mol. The van der Waals surface area contributed by atoms with Gasteiger partial charge in [0.25, 0.3) is 5.91 Å². The molecule has 136 valence electrons. The number of para-hydroxylation sites is 1. The number of furan rings is 1. The molecule has 9 heteroatoms. The summed E-state index contributed by atoms with van der Waals surface area (Å²) in [6.07, 6.45) is 0. The van der Waals surface area contributed by atoms with E-state index in [-0.39, 0.29) is 24.8 Å². The molecule has 0 radical (unpaired) electrons. The van der Waals surface area contributed by atoms with E-state index in [0.29, 0.717) is 23.1 Å². The molecular formula is C17H17N3O5S. The average molecular weight is 375 g/mol. The molecule has 8 nitrogen and oxygen atoms in total. The summed E-state index contributed by atoms with van der Waals surface area (Å²) in [5.74, 6) is 0.903. The third-order valence-electron chi connectivity index (χ3n) is 3.49. The second-order valence-corrected chi connectivity index (χ2v) is 6.39. The fourth-order valence-electron chi connectivity index (χ4n) is 2.19. The van der Waals surface area contributed by atoms with Gasteiger partial charge in [0.05, 0.1) is 11.6 Å². The number of carbonyl (C=O) groups is 3. The fourth-order valence-corrected chi connectivity index (χ4v) is 3.09. The lowest BCUT2D eigenvalue weighted by molar-refractivity contribution is -0.132. The minimum Gasteiger partial charge on any atom is -0.486 e. The van der Waals surface area contributed by atoms with Crippen LogP contribution in [-0.2, 0) is 16.2 Å². The highest BCUT2D eigenvalue weighted by Gasteiger charge is 2.23. The van der Waals surface area contributed by atoms with E-state index < -0.39 is 11.8 Å². The molecule has 1 aromatic heterocycles. The van der Waals surface area contributed by atoms with Crippen molar-refractivity contribution in [3.63, 3.8) is 0 Å². The van der Waals surface area contributed by atoms with Gasteiger partial charge in [0.1, 0.15) is 24.7 Å². The van der Waals surface area contributed by atoms with E-state index in [4.69, 9.17) is 9.15 Å². The smallest absolute Gasteiger partial charge is 0.305 e. The molecule has 0 bridgehead atoms. The van der Waals surface area contributed by atoms with Gasteiger partial charge in [-0.3, -0.25) is 25.2 Å². The molecule has 3 amide bonds. The van der Waals surface area contributed by atoms with Crippen LogP contribution in [0, 0.1) is 0 Å². The third kappa shape index (κ3) is 4.79. The molecule has 1 fully saturated rings. The predicted octanol–water partition coefficient (Wildman–Crippen LogP) is 1.15. The second-order valence-electron chi connectivity index (χ2n) is 5.44. The van der Waals surface area contributed by atoms with E-state index in [1.807, 2.05) is 30.3 Å². The summed E-state index contributed by atoms with van der Waals surface area (Å²) in [5, 5.41) is 0. The number of ether oxygens (including phenoxy) is 1. The maximum absolute atomic E-state index is 12.0. The fraction of sp³-hybridized carbons (Fsp3) is 0.235. The number of nitrogens with one attached hydrogen (secondary N) is 2. The Morgan fingerprint density at radius 3 is 2.69 bits per heavy atom. The number of nitrogens with zero attached hydrogens (tertiary/aromatic N) is 1. The lowest BCUT2D eigenvalue weighted by atomic mass is 10.3. The summed E-state index contributed by atoms with van der Waals surface area (Å²) in [5.41, 5.74) is 4.52. The summed E-state index contributed by atoms with van der Waals surface area (Å²) in [6, 6.07) is 12.3. The van der Waals surface area contributed by atoms with Gasteiger partial charge in [0, 0.05) is 0 Å². The van der Waals surface area contributed by atoms with Gasteiger partial charge in [-0.2, -0.15) is 0 Å². The third-order valence-corrected chi connectivity index (χ3v) is 4.43. The van der Waals surface area contributed by atoms with Crippen molar-refractivity contribution in [2.75, 3.05) is 18.2 Å². The average Bonchev–Trinajstić information content (AvgIpc) is 3.28. The number of rotatable bonds is 6. The highest BCUT2D eigenvalue weighted by atomic mass is 32.2. The van der Waals surface area contributed by atoms with Crippen molar-refractivity contribution < 1.29 is 23.5 Å².